The monoisotopic (exact) mass is 610 g/mol. The largest absolute Gasteiger partial charge is 0.469 e. The number of hydrogen-bond donors (Lipinski definition) is 1. The van der Waals surface area contributed by atoms with Crippen molar-refractivity contribution < 1.29 is 19.1 Å². The maximum absolute atomic E-state index is 13.8. The lowest BCUT2D eigenvalue weighted by atomic mass is 9.79. The van der Waals surface area contributed by atoms with E-state index in [0.29, 0.717) is 32.5 Å². The van der Waals surface area contributed by atoms with Crippen LogP contribution in [-0.2, 0) is 27.2 Å². The van der Waals surface area contributed by atoms with Crippen LogP contribution in [0.15, 0.2) is 54.7 Å². The summed E-state index contributed by atoms with van der Waals surface area (Å²) in [5, 5.41) is 4.64. The Labute approximate surface area is 266 Å². The number of hydrogen-bond acceptors (Lipinski definition) is 6. The van der Waals surface area contributed by atoms with Gasteiger partial charge in [0.2, 0.25) is 11.8 Å². The molecule has 238 valence electrons. The fraction of sp³-hybridized carbons (Fsp3) is 0.486. The van der Waals surface area contributed by atoms with Gasteiger partial charge in [-0.1, -0.05) is 48.9 Å². The molecule has 0 saturated carbocycles. The highest BCUT2D eigenvalue weighted by Crippen LogP contribution is 2.42. The van der Waals surface area contributed by atoms with E-state index in [4.69, 9.17) is 4.74 Å². The molecule has 2 aliphatic heterocycles. The maximum atomic E-state index is 13.8. The first kappa shape index (κ1) is 31.2. The first-order valence-electron chi connectivity index (χ1n) is 16.6. The van der Waals surface area contributed by atoms with Gasteiger partial charge in [-0.05, 0) is 87.0 Å². The number of amides is 1. The van der Waals surface area contributed by atoms with Crippen LogP contribution < -0.4 is 5.32 Å². The van der Waals surface area contributed by atoms with Gasteiger partial charge in [0.1, 0.15) is 0 Å². The first-order chi connectivity index (χ1) is 21.8. The maximum Gasteiger partial charge on any atom is 0.314 e. The van der Waals surface area contributed by atoms with Crippen LogP contribution in [0.5, 0.6) is 0 Å². The number of carbonyl (C=O) groups excluding carboxylic acids is 3. The summed E-state index contributed by atoms with van der Waals surface area (Å²) >= 11 is 0. The van der Waals surface area contributed by atoms with E-state index in [-0.39, 0.29) is 41.7 Å². The minimum absolute atomic E-state index is 0.0501. The molecule has 1 fully saturated rings. The minimum atomic E-state index is -0.361. The Balaban J connectivity index is 1.24. The number of carbonyl (C=O) groups is 3. The molecule has 1 N–H and O–H groups in total. The molecule has 3 aliphatic rings. The van der Waals surface area contributed by atoms with Crippen molar-refractivity contribution in [1.82, 2.24) is 19.7 Å². The van der Waals surface area contributed by atoms with Crippen LogP contribution in [0, 0.1) is 5.92 Å². The van der Waals surface area contributed by atoms with Gasteiger partial charge in [0, 0.05) is 49.7 Å². The fourth-order valence-electron chi connectivity index (χ4n) is 7.82. The van der Waals surface area contributed by atoms with Crippen molar-refractivity contribution in [2.24, 2.45) is 5.92 Å². The molecule has 2 unspecified atom stereocenters. The van der Waals surface area contributed by atoms with E-state index in [1.165, 1.54) is 18.2 Å². The van der Waals surface area contributed by atoms with Crippen molar-refractivity contribution in [2.75, 3.05) is 40.3 Å². The van der Waals surface area contributed by atoms with Gasteiger partial charge in [-0.15, -0.1) is 0 Å². The zero-order valence-electron chi connectivity index (χ0n) is 27.1. The van der Waals surface area contributed by atoms with Gasteiger partial charge in [-0.25, -0.2) is 0 Å². The highest BCUT2D eigenvalue weighted by molar-refractivity contribution is 6.03. The third kappa shape index (κ3) is 5.98. The Morgan fingerprint density at radius 1 is 1.09 bits per heavy atom. The number of piperidine rings is 1. The lowest BCUT2D eigenvalue weighted by Gasteiger charge is -2.40. The number of fused-ring (bicyclic) bond motifs is 2. The van der Waals surface area contributed by atoms with Gasteiger partial charge < -0.3 is 15.0 Å². The standard InChI is InChI=1S/C37H46N4O4/c1-5-40(6-2)36(43)27-20-29-28-13-10-15-31-34(28)26(21-32(29)39(3)22-27)23-41(31)33(42)17-16-24-11-9-12-25(19-24)35(37(44)45-4)30-14-7-8-18-38-30/h9-13,15,19-20,23,27,30,32,35,38H,5-8,14,16-18,21-22H2,1-4H3/t27-,30?,32-,35?/m1/s1. The van der Waals surface area contributed by atoms with E-state index < -0.39 is 0 Å². The predicted molar refractivity (Wildman–Crippen MR) is 177 cm³/mol. The van der Waals surface area contributed by atoms with Gasteiger partial charge in [0.15, 0.2) is 0 Å². The van der Waals surface area contributed by atoms with Crippen molar-refractivity contribution in [3.05, 3.63) is 77.0 Å². The van der Waals surface area contributed by atoms with Gasteiger partial charge in [-0.3, -0.25) is 23.9 Å². The van der Waals surface area contributed by atoms with Gasteiger partial charge in [-0.2, -0.15) is 0 Å². The average Bonchev–Trinajstić information content (AvgIpc) is 3.45. The van der Waals surface area contributed by atoms with Gasteiger partial charge in [0.25, 0.3) is 0 Å². The van der Waals surface area contributed by atoms with E-state index in [1.54, 1.807) is 0 Å². The molecule has 0 spiro atoms. The quantitative estimate of drug-likeness (QED) is 0.342. The predicted octanol–water partition coefficient (Wildman–Crippen LogP) is 5.05. The molecule has 1 saturated heterocycles. The Morgan fingerprint density at radius 3 is 2.62 bits per heavy atom. The summed E-state index contributed by atoms with van der Waals surface area (Å²) < 4.78 is 7.03. The lowest BCUT2D eigenvalue weighted by Crippen LogP contribution is -2.47. The molecule has 6 rings (SSSR count). The third-order valence-electron chi connectivity index (χ3n) is 10.2. The molecule has 45 heavy (non-hydrogen) atoms. The van der Waals surface area contributed by atoms with E-state index in [2.05, 4.69) is 35.5 Å². The van der Waals surface area contributed by atoms with Crippen LogP contribution in [0.2, 0.25) is 0 Å². The summed E-state index contributed by atoms with van der Waals surface area (Å²) in [6.45, 7) is 7.08. The van der Waals surface area contributed by atoms with Crippen LogP contribution in [0.1, 0.15) is 72.5 Å². The third-order valence-corrected chi connectivity index (χ3v) is 10.2. The summed E-state index contributed by atoms with van der Waals surface area (Å²) in [4.78, 5) is 44.2. The number of esters is 1. The topological polar surface area (TPSA) is 83.9 Å². The Morgan fingerprint density at radius 2 is 1.89 bits per heavy atom. The van der Waals surface area contributed by atoms with E-state index in [0.717, 1.165) is 59.8 Å². The van der Waals surface area contributed by atoms with Crippen LogP contribution in [0.25, 0.3) is 16.5 Å². The summed E-state index contributed by atoms with van der Waals surface area (Å²) in [5.74, 6) is -0.528. The Kier molecular flexibility index (Phi) is 9.24. The number of benzene rings is 2. The molecule has 1 aromatic heterocycles. The van der Waals surface area contributed by atoms with Crippen molar-refractivity contribution in [3.8, 4) is 0 Å². The molecule has 4 atom stereocenters. The smallest absolute Gasteiger partial charge is 0.314 e. The first-order valence-corrected chi connectivity index (χ1v) is 16.6. The van der Waals surface area contributed by atoms with E-state index >= 15 is 0 Å². The molecule has 1 aliphatic carbocycles. The van der Waals surface area contributed by atoms with Crippen LogP contribution >= 0.6 is 0 Å². The molecule has 2 aromatic carbocycles. The van der Waals surface area contributed by atoms with E-state index in [9.17, 15) is 14.4 Å². The fourth-order valence-corrected chi connectivity index (χ4v) is 7.82. The zero-order chi connectivity index (χ0) is 31.7. The van der Waals surface area contributed by atoms with Crippen LogP contribution in [0.4, 0.5) is 0 Å². The Hall–Kier alpha value is -3.75. The number of aromatic nitrogens is 1. The molecule has 0 radical (unpaired) electrons. The number of likely N-dealkylation sites (N-methyl/N-ethyl adjacent to an activating group) is 1. The highest BCUT2D eigenvalue weighted by Gasteiger charge is 2.37. The summed E-state index contributed by atoms with van der Waals surface area (Å²) in [5.41, 5.74) is 6.41. The number of ether oxygens (including phenoxy) is 1. The normalized spacial score (nSPS) is 22.0. The molecule has 8 heteroatoms. The number of nitrogens with one attached hydrogen (secondary N) is 1. The van der Waals surface area contributed by atoms with Crippen LogP contribution in [0.3, 0.4) is 0 Å². The molecular formula is C37H46N4O4. The van der Waals surface area contributed by atoms with Crippen molar-refractivity contribution >= 4 is 34.3 Å². The molecule has 0 bridgehead atoms. The van der Waals surface area contributed by atoms with Crippen molar-refractivity contribution in [2.45, 2.75) is 70.4 Å². The second-order valence-corrected chi connectivity index (χ2v) is 12.8. The average molecular weight is 611 g/mol. The molecule has 3 heterocycles. The SMILES string of the molecule is CCN(CC)C(=O)[C@@H]1C=C2c3cccc4c3c(cn4C(=O)CCc3cccc(C(C(=O)OC)C4CCCCN4)c3)C[C@H]2N(C)C1. The van der Waals surface area contributed by atoms with Gasteiger partial charge in [0.05, 0.1) is 24.5 Å². The number of rotatable bonds is 9. The molecule has 3 aromatic rings. The molecule has 8 nitrogen and oxygen atoms in total. The van der Waals surface area contributed by atoms with Crippen LogP contribution in [-0.4, -0.2) is 84.6 Å². The summed E-state index contributed by atoms with van der Waals surface area (Å²) in [6, 6.07) is 14.5. The summed E-state index contributed by atoms with van der Waals surface area (Å²) in [6.07, 6.45) is 9.13. The lowest BCUT2D eigenvalue weighted by molar-refractivity contribution is -0.143. The zero-order valence-corrected chi connectivity index (χ0v) is 27.1. The van der Waals surface area contributed by atoms with Crippen molar-refractivity contribution in [3.63, 3.8) is 0 Å². The number of aryl methyl sites for hydroxylation is 1. The highest BCUT2D eigenvalue weighted by atomic mass is 16.5. The van der Waals surface area contributed by atoms with E-state index in [1.807, 2.05) is 59.8 Å². The second-order valence-electron chi connectivity index (χ2n) is 12.8. The summed E-state index contributed by atoms with van der Waals surface area (Å²) in [7, 11) is 3.56. The Bertz CT molecular complexity index is 1610. The van der Waals surface area contributed by atoms with Gasteiger partial charge >= 0.3 is 5.97 Å². The molecule has 1 amide bonds. The molecular weight excluding hydrogens is 564 g/mol. The number of methoxy groups -OCH3 is 1. The number of nitrogens with zero attached hydrogens (tertiary/aromatic N) is 3. The second kappa shape index (κ2) is 13.3. The van der Waals surface area contributed by atoms with Crippen molar-refractivity contribution in [1.29, 1.82) is 0 Å². The minimum Gasteiger partial charge on any atom is -0.469 e.